The van der Waals surface area contributed by atoms with Crippen LogP contribution in [0.5, 0.6) is 0 Å². The van der Waals surface area contributed by atoms with Gasteiger partial charge in [-0.25, -0.2) is 0 Å². The lowest BCUT2D eigenvalue weighted by Crippen LogP contribution is -2.17. The predicted molar refractivity (Wildman–Crippen MR) is 182 cm³/mol. The third-order valence-electron chi connectivity index (χ3n) is 7.22. The van der Waals surface area contributed by atoms with Gasteiger partial charge in [0.2, 0.25) is 11.8 Å². The van der Waals surface area contributed by atoms with Crippen molar-refractivity contribution in [3.63, 3.8) is 0 Å². The minimum Gasteiger partial charge on any atom is -0.416 e. The Hall–Kier alpha value is -5.68. The molecule has 0 fully saturated rings. The molecule has 5 aromatic carbocycles. The van der Waals surface area contributed by atoms with E-state index in [1.807, 2.05) is 48.5 Å². The van der Waals surface area contributed by atoms with Crippen LogP contribution < -0.4 is 9.80 Å². The molecule has 1 aromatic heterocycles. The third-order valence-corrected chi connectivity index (χ3v) is 7.22. The number of rotatable bonds is 11. The number of allylic oxidation sites excluding steroid dienone is 3. The van der Waals surface area contributed by atoms with Crippen molar-refractivity contribution in [3.05, 3.63) is 170 Å². The maximum atomic E-state index is 6.06. The second-order valence-electron chi connectivity index (χ2n) is 10.2. The number of hydrogen-bond donors (Lipinski definition) is 0. The van der Waals surface area contributed by atoms with Crippen molar-refractivity contribution in [1.29, 1.82) is 0 Å². The summed E-state index contributed by atoms with van der Waals surface area (Å²) < 4.78 is 6.06. The van der Waals surface area contributed by atoms with E-state index in [0.29, 0.717) is 18.3 Å². The number of anilines is 5. The van der Waals surface area contributed by atoms with E-state index in [9.17, 15) is 0 Å². The van der Waals surface area contributed by atoms with Gasteiger partial charge in [0.05, 0.1) is 0 Å². The average Bonchev–Trinajstić information content (AvgIpc) is 3.59. The first kappa shape index (κ1) is 28.4. The van der Waals surface area contributed by atoms with Crippen molar-refractivity contribution in [2.75, 3.05) is 16.3 Å². The fraction of sp³-hybridized carbons (Fsp3) is 0.0769. The molecule has 0 saturated carbocycles. The van der Waals surface area contributed by atoms with Crippen molar-refractivity contribution >= 4 is 34.0 Å². The lowest BCUT2D eigenvalue weighted by molar-refractivity contribution is 0.554. The number of nitrogens with zero attached hydrogens (tertiary/aromatic N) is 4. The van der Waals surface area contributed by atoms with Gasteiger partial charge in [0.15, 0.2) is 0 Å². The largest absolute Gasteiger partial charge is 0.416 e. The minimum atomic E-state index is 0.513. The van der Waals surface area contributed by atoms with Crippen molar-refractivity contribution in [1.82, 2.24) is 10.2 Å². The van der Waals surface area contributed by atoms with Crippen molar-refractivity contribution < 1.29 is 4.42 Å². The third kappa shape index (κ3) is 6.69. The minimum absolute atomic E-state index is 0.513. The first-order valence-electron chi connectivity index (χ1n) is 14.9. The monoisotopic (exact) mass is 574 g/mol. The molecule has 0 unspecified atom stereocenters. The highest BCUT2D eigenvalue weighted by atomic mass is 16.4. The van der Waals surface area contributed by atoms with Crippen LogP contribution in [0, 0.1) is 0 Å². The standard InChI is InChI=1S/C39H34N4O/c1-2-16-31(38-40-41-39(44-38)32-17-7-3-8-18-32)19-15-30-42(33-20-9-4-10-21-33)34-26-28-37(29-27-34)43(35-22-11-5-12-23-35)36-24-13-6-14-25-36/h3-29H,2,30H2,1H3. The Bertz CT molecular complexity index is 1760. The van der Waals surface area contributed by atoms with Crippen LogP contribution in [-0.2, 0) is 0 Å². The molecule has 0 aliphatic rings. The molecule has 0 amide bonds. The van der Waals surface area contributed by atoms with Crippen molar-refractivity contribution in [2.24, 2.45) is 0 Å². The molecule has 0 saturated heterocycles. The summed E-state index contributed by atoms with van der Waals surface area (Å²) in [4.78, 5) is 4.56. The predicted octanol–water partition coefficient (Wildman–Crippen LogP) is 10.4. The first-order chi connectivity index (χ1) is 21.8. The summed E-state index contributed by atoms with van der Waals surface area (Å²) in [5, 5.41) is 8.64. The van der Waals surface area contributed by atoms with Gasteiger partial charge in [-0.15, -0.1) is 10.2 Å². The molecule has 5 nitrogen and oxygen atoms in total. The molecule has 1 heterocycles. The van der Waals surface area contributed by atoms with Crippen LogP contribution in [0.2, 0.25) is 0 Å². The smallest absolute Gasteiger partial charge is 0.248 e. The molecule has 0 N–H and O–H groups in total. The summed E-state index contributed by atoms with van der Waals surface area (Å²) in [6, 6.07) is 49.9. The van der Waals surface area contributed by atoms with Gasteiger partial charge in [0, 0.05) is 46.1 Å². The SMILES string of the molecule is CCC=C(C=CCN(c1ccccc1)c1ccc(N(c2ccccc2)c2ccccc2)cc1)c1nnc(-c2ccccc2)o1. The molecule has 216 valence electrons. The molecule has 5 heteroatoms. The molecular formula is C39H34N4O. The lowest BCUT2D eigenvalue weighted by Gasteiger charge is -2.27. The Kier molecular flexibility index (Phi) is 9.04. The number of para-hydroxylation sites is 3. The van der Waals surface area contributed by atoms with Crippen LogP contribution >= 0.6 is 0 Å². The van der Waals surface area contributed by atoms with E-state index in [4.69, 9.17) is 4.42 Å². The summed E-state index contributed by atoms with van der Waals surface area (Å²) in [5.41, 5.74) is 7.33. The van der Waals surface area contributed by atoms with Crippen molar-refractivity contribution in [3.8, 4) is 11.5 Å². The van der Waals surface area contributed by atoms with Gasteiger partial charge in [-0.1, -0.05) is 97.9 Å². The summed E-state index contributed by atoms with van der Waals surface area (Å²) in [7, 11) is 0. The first-order valence-corrected chi connectivity index (χ1v) is 14.9. The number of hydrogen-bond acceptors (Lipinski definition) is 5. The zero-order valence-corrected chi connectivity index (χ0v) is 24.7. The molecule has 6 aromatic rings. The van der Waals surface area contributed by atoms with E-state index < -0.39 is 0 Å². The van der Waals surface area contributed by atoms with Gasteiger partial charge in [0.25, 0.3) is 0 Å². The fourth-order valence-corrected chi connectivity index (χ4v) is 5.12. The Labute approximate surface area is 259 Å². The highest BCUT2D eigenvalue weighted by Gasteiger charge is 2.15. The molecular weight excluding hydrogens is 540 g/mol. The van der Waals surface area contributed by atoms with E-state index in [0.717, 1.165) is 46.0 Å². The Morgan fingerprint density at radius 3 is 1.64 bits per heavy atom. The number of benzene rings is 5. The molecule has 44 heavy (non-hydrogen) atoms. The molecule has 6 rings (SSSR count). The van der Waals surface area contributed by atoms with Gasteiger partial charge < -0.3 is 14.2 Å². The summed E-state index contributed by atoms with van der Waals surface area (Å²) >= 11 is 0. The summed E-state index contributed by atoms with van der Waals surface area (Å²) in [5.74, 6) is 1.03. The summed E-state index contributed by atoms with van der Waals surface area (Å²) in [6.45, 7) is 2.76. The topological polar surface area (TPSA) is 45.4 Å². The maximum absolute atomic E-state index is 6.06. The molecule has 0 spiro atoms. The Balaban J connectivity index is 1.27. The molecule has 0 aliphatic carbocycles. The van der Waals surface area contributed by atoms with Crippen molar-refractivity contribution in [2.45, 2.75) is 13.3 Å². The van der Waals surface area contributed by atoms with Gasteiger partial charge in [-0.05, 0) is 79.2 Å². The molecule has 0 bridgehead atoms. The van der Waals surface area contributed by atoms with Gasteiger partial charge >= 0.3 is 0 Å². The van der Waals surface area contributed by atoms with Gasteiger partial charge in [-0.2, -0.15) is 0 Å². The Morgan fingerprint density at radius 1 is 0.591 bits per heavy atom. The van der Waals surface area contributed by atoms with Gasteiger partial charge in [0.1, 0.15) is 0 Å². The zero-order valence-electron chi connectivity index (χ0n) is 24.7. The van der Waals surface area contributed by atoms with Crippen LogP contribution in [0.4, 0.5) is 28.4 Å². The van der Waals surface area contributed by atoms with Crippen LogP contribution in [0.25, 0.3) is 17.0 Å². The fourth-order valence-electron chi connectivity index (χ4n) is 5.12. The van der Waals surface area contributed by atoms with E-state index in [1.54, 1.807) is 0 Å². The molecule has 0 atom stereocenters. The number of aromatic nitrogens is 2. The second kappa shape index (κ2) is 14.0. The Morgan fingerprint density at radius 2 is 1.07 bits per heavy atom. The lowest BCUT2D eigenvalue weighted by atomic mass is 10.1. The normalized spacial score (nSPS) is 11.5. The molecule has 0 aliphatic heterocycles. The summed E-state index contributed by atoms with van der Waals surface area (Å²) in [6.07, 6.45) is 7.19. The quantitative estimate of drug-likeness (QED) is 0.144. The van der Waals surface area contributed by atoms with Crippen LogP contribution in [0.15, 0.2) is 168 Å². The molecule has 0 radical (unpaired) electrons. The van der Waals surface area contributed by atoms with E-state index >= 15 is 0 Å². The van der Waals surface area contributed by atoms with E-state index in [2.05, 4.69) is 142 Å². The van der Waals surface area contributed by atoms with Crippen LogP contribution in [-0.4, -0.2) is 16.7 Å². The highest BCUT2D eigenvalue weighted by Crippen LogP contribution is 2.36. The second-order valence-corrected chi connectivity index (χ2v) is 10.2. The average molecular weight is 575 g/mol. The van der Waals surface area contributed by atoms with E-state index in [-0.39, 0.29) is 0 Å². The maximum Gasteiger partial charge on any atom is 0.248 e. The zero-order chi connectivity index (χ0) is 30.0. The van der Waals surface area contributed by atoms with Crippen LogP contribution in [0.1, 0.15) is 19.2 Å². The van der Waals surface area contributed by atoms with E-state index in [1.165, 1.54) is 0 Å². The highest BCUT2D eigenvalue weighted by molar-refractivity contribution is 5.78. The van der Waals surface area contributed by atoms with Gasteiger partial charge in [-0.3, -0.25) is 0 Å². The van der Waals surface area contributed by atoms with Crippen LogP contribution in [0.3, 0.4) is 0 Å².